The van der Waals surface area contributed by atoms with Crippen LogP contribution in [0.5, 0.6) is 0 Å². The molecule has 3 aromatic rings. The van der Waals surface area contributed by atoms with E-state index >= 15 is 0 Å². The quantitative estimate of drug-likeness (QED) is 0.789. The molecule has 1 atom stereocenters. The highest BCUT2D eigenvalue weighted by Gasteiger charge is 2.22. The van der Waals surface area contributed by atoms with Crippen molar-refractivity contribution in [2.75, 3.05) is 6.54 Å². The summed E-state index contributed by atoms with van der Waals surface area (Å²) >= 11 is 3.50. The van der Waals surface area contributed by atoms with Crippen LogP contribution in [0.25, 0.3) is 10.9 Å². The minimum atomic E-state index is 0.0114. The Morgan fingerprint density at radius 1 is 1.29 bits per heavy atom. The van der Waals surface area contributed by atoms with Crippen LogP contribution in [-0.4, -0.2) is 26.5 Å². The van der Waals surface area contributed by atoms with E-state index in [0.29, 0.717) is 0 Å². The van der Waals surface area contributed by atoms with Crippen molar-refractivity contribution in [3.8, 4) is 0 Å². The Labute approximate surface area is 131 Å². The summed E-state index contributed by atoms with van der Waals surface area (Å²) in [5, 5.41) is 12.8. The average Bonchev–Trinajstić information content (AvgIpc) is 2.84. The first-order chi connectivity index (χ1) is 10.2. The molecule has 2 heterocycles. The molecule has 1 aromatic carbocycles. The molecule has 1 N–H and O–H groups in total. The van der Waals surface area contributed by atoms with Gasteiger partial charge < -0.3 is 5.32 Å². The molecule has 1 unspecified atom stereocenters. The molecular weight excluding hydrogens is 330 g/mol. The van der Waals surface area contributed by atoms with Gasteiger partial charge in [-0.05, 0) is 40.2 Å². The lowest BCUT2D eigenvalue weighted by Gasteiger charge is -2.20. The van der Waals surface area contributed by atoms with Gasteiger partial charge in [-0.25, -0.2) is 4.68 Å². The summed E-state index contributed by atoms with van der Waals surface area (Å²) in [5.74, 6) is 0. The summed E-state index contributed by atoms with van der Waals surface area (Å²) in [6.45, 7) is 2.94. The van der Waals surface area contributed by atoms with Crippen molar-refractivity contribution in [3.63, 3.8) is 0 Å². The Kier molecular flexibility index (Phi) is 3.98. The predicted octanol–water partition coefficient (Wildman–Crippen LogP) is 2.82. The Morgan fingerprint density at radius 2 is 2.14 bits per heavy atom. The summed E-state index contributed by atoms with van der Waals surface area (Å²) < 4.78 is 2.56. The van der Waals surface area contributed by atoms with Crippen LogP contribution in [0.1, 0.15) is 24.2 Å². The monoisotopic (exact) mass is 345 g/mol. The summed E-state index contributed by atoms with van der Waals surface area (Å²) in [6, 6.07) is 10.3. The molecule has 0 amide bonds. The highest BCUT2D eigenvalue weighted by Crippen LogP contribution is 2.30. The number of aryl methyl sites for hydroxylation is 1. The largest absolute Gasteiger partial charge is 0.305 e. The molecule has 0 saturated carbocycles. The maximum Gasteiger partial charge on any atom is 0.153 e. The fraction of sp³-hybridized carbons (Fsp3) is 0.267. The van der Waals surface area contributed by atoms with Gasteiger partial charge >= 0.3 is 0 Å². The topological polar surface area (TPSA) is 55.6 Å². The van der Waals surface area contributed by atoms with Crippen molar-refractivity contribution in [3.05, 3.63) is 52.4 Å². The molecule has 0 radical (unpaired) electrons. The van der Waals surface area contributed by atoms with Gasteiger partial charge in [-0.2, -0.15) is 0 Å². The number of fused-ring (bicyclic) bond motifs is 1. The number of pyridine rings is 1. The second-order valence-corrected chi connectivity index (χ2v) is 5.55. The molecule has 0 saturated heterocycles. The number of nitrogens with one attached hydrogen (secondary N) is 1. The molecule has 0 aliphatic heterocycles. The van der Waals surface area contributed by atoms with Crippen molar-refractivity contribution in [1.29, 1.82) is 0 Å². The Morgan fingerprint density at radius 3 is 2.86 bits per heavy atom. The van der Waals surface area contributed by atoms with E-state index in [4.69, 9.17) is 0 Å². The van der Waals surface area contributed by atoms with E-state index in [2.05, 4.69) is 55.6 Å². The van der Waals surface area contributed by atoms with E-state index in [-0.39, 0.29) is 6.04 Å². The number of hydrogen-bond donors (Lipinski definition) is 1. The van der Waals surface area contributed by atoms with Crippen LogP contribution in [0.15, 0.2) is 41.1 Å². The third kappa shape index (κ3) is 2.56. The van der Waals surface area contributed by atoms with E-state index in [1.54, 1.807) is 4.68 Å². The molecular formula is C15H16BrN5. The zero-order valence-corrected chi connectivity index (χ0v) is 13.5. The van der Waals surface area contributed by atoms with Crippen LogP contribution in [0, 0.1) is 0 Å². The standard InChI is InChI=1S/C15H16BrN5/c1-3-17-13(14-15(16)19-20-21(14)2)11-6-4-8-12-10(11)7-5-9-18-12/h4-9,13,17H,3H2,1-2H3. The van der Waals surface area contributed by atoms with E-state index in [1.807, 2.05) is 31.4 Å². The lowest BCUT2D eigenvalue weighted by atomic mass is 9.99. The first kappa shape index (κ1) is 14.2. The maximum atomic E-state index is 4.43. The van der Waals surface area contributed by atoms with E-state index < -0.39 is 0 Å². The molecule has 6 heteroatoms. The van der Waals surface area contributed by atoms with Crippen LogP contribution < -0.4 is 5.32 Å². The SMILES string of the molecule is CCNC(c1cccc2ncccc12)c1c(Br)nnn1C. The number of halogens is 1. The number of benzene rings is 1. The van der Waals surface area contributed by atoms with Crippen LogP contribution in [0.2, 0.25) is 0 Å². The van der Waals surface area contributed by atoms with Crippen LogP contribution in [0.3, 0.4) is 0 Å². The molecule has 2 aromatic heterocycles. The van der Waals surface area contributed by atoms with Gasteiger partial charge in [0, 0.05) is 18.6 Å². The molecule has 0 spiro atoms. The van der Waals surface area contributed by atoms with Crippen molar-refractivity contribution in [2.24, 2.45) is 7.05 Å². The van der Waals surface area contributed by atoms with Crippen LogP contribution in [0.4, 0.5) is 0 Å². The Bertz CT molecular complexity index is 743. The Hall–Kier alpha value is -1.79. The van der Waals surface area contributed by atoms with Gasteiger partial charge in [-0.15, -0.1) is 5.10 Å². The zero-order chi connectivity index (χ0) is 14.8. The van der Waals surface area contributed by atoms with Gasteiger partial charge in [-0.1, -0.05) is 30.3 Å². The third-order valence-electron chi connectivity index (χ3n) is 3.50. The number of aromatic nitrogens is 4. The van der Waals surface area contributed by atoms with Gasteiger partial charge in [0.15, 0.2) is 4.60 Å². The van der Waals surface area contributed by atoms with Crippen LogP contribution >= 0.6 is 15.9 Å². The van der Waals surface area contributed by atoms with Gasteiger partial charge in [0.25, 0.3) is 0 Å². The summed E-state index contributed by atoms with van der Waals surface area (Å²) in [6.07, 6.45) is 1.82. The lowest BCUT2D eigenvalue weighted by molar-refractivity contribution is 0.569. The van der Waals surface area contributed by atoms with Gasteiger partial charge in [0.05, 0.1) is 17.3 Å². The van der Waals surface area contributed by atoms with Crippen LogP contribution in [-0.2, 0) is 7.05 Å². The second-order valence-electron chi connectivity index (χ2n) is 4.80. The molecule has 0 bridgehead atoms. The second kappa shape index (κ2) is 5.91. The van der Waals surface area contributed by atoms with Gasteiger partial charge in [-0.3, -0.25) is 4.98 Å². The smallest absolute Gasteiger partial charge is 0.153 e. The van der Waals surface area contributed by atoms with E-state index in [1.165, 1.54) is 5.56 Å². The van der Waals surface area contributed by atoms with Crippen molar-refractivity contribution >= 4 is 26.8 Å². The van der Waals surface area contributed by atoms with E-state index in [0.717, 1.165) is 27.7 Å². The Balaban J connectivity index is 2.21. The molecule has 21 heavy (non-hydrogen) atoms. The summed E-state index contributed by atoms with van der Waals surface area (Å²) in [5.41, 5.74) is 3.17. The summed E-state index contributed by atoms with van der Waals surface area (Å²) in [7, 11) is 1.90. The minimum absolute atomic E-state index is 0.0114. The highest BCUT2D eigenvalue weighted by atomic mass is 79.9. The number of nitrogens with zero attached hydrogens (tertiary/aromatic N) is 4. The number of hydrogen-bond acceptors (Lipinski definition) is 4. The molecule has 0 fully saturated rings. The molecule has 3 rings (SSSR count). The number of rotatable bonds is 4. The van der Waals surface area contributed by atoms with Gasteiger partial charge in [0.2, 0.25) is 0 Å². The summed E-state index contributed by atoms with van der Waals surface area (Å²) in [4.78, 5) is 4.43. The van der Waals surface area contributed by atoms with Crippen molar-refractivity contribution in [2.45, 2.75) is 13.0 Å². The first-order valence-corrected chi connectivity index (χ1v) is 7.63. The fourth-order valence-electron chi connectivity index (χ4n) is 2.58. The van der Waals surface area contributed by atoms with Crippen molar-refractivity contribution in [1.82, 2.24) is 25.3 Å². The van der Waals surface area contributed by atoms with E-state index in [9.17, 15) is 0 Å². The average molecular weight is 346 g/mol. The van der Waals surface area contributed by atoms with Gasteiger partial charge in [0.1, 0.15) is 0 Å². The zero-order valence-electron chi connectivity index (χ0n) is 11.9. The first-order valence-electron chi connectivity index (χ1n) is 6.84. The highest BCUT2D eigenvalue weighted by molar-refractivity contribution is 9.10. The normalized spacial score (nSPS) is 12.7. The fourth-order valence-corrected chi connectivity index (χ4v) is 3.14. The molecule has 108 valence electrons. The van der Waals surface area contributed by atoms with Crippen molar-refractivity contribution < 1.29 is 0 Å². The third-order valence-corrected chi connectivity index (χ3v) is 4.06. The minimum Gasteiger partial charge on any atom is -0.305 e. The molecule has 0 aliphatic carbocycles. The molecule has 0 aliphatic rings. The predicted molar refractivity (Wildman–Crippen MR) is 86.0 cm³/mol. The lowest BCUT2D eigenvalue weighted by Crippen LogP contribution is -2.25. The maximum absolute atomic E-state index is 4.43. The molecule has 5 nitrogen and oxygen atoms in total.